The molecule has 6 nitrogen and oxygen atoms in total. The van der Waals surface area contributed by atoms with Crippen molar-refractivity contribution in [3.05, 3.63) is 53.4 Å². The fourth-order valence-corrected chi connectivity index (χ4v) is 2.32. The first-order valence-corrected chi connectivity index (χ1v) is 6.83. The summed E-state index contributed by atoms with van der Waals surface area (Å²) in [4.78, 5) is 20.0. The molecule has 0 spiro atoms. The highest BCUT2D eigenvalue weighted by atomic mass is 16.4. The number of hydrazone groups is 1. The van der Waals surface area contributed by atoms with Crippen LogP contribution in [0.2, 0.25) is 0 Å². The van der Waals surface area contributed by atoms with Gasteiger partial charge in [-0.05, 0) is 18.6 Å². The molecule has 1 aliphatic heterocycles. The standard InChI is InChI=1S/C16H14N4O2/c1-3-12-14-9(2)20-17-8-13(14)19-15(18-12)10-4-6-11(7-5-10)16(21)22/h4-8,20H,2-3H2,1H3,(H,21,22). The van der Waals surface area contributed by atoms with Crippen LogP contribution in [-0.4, -0.2) is 27.3 Å². The number of aryl methyl sites for hydroxylation is 1. The normalized spacial score (nSPS) is 12.7. The minimum atomic E-state index is -0.957. The maximum Gasteiger partial charge on any atom is 0.335 e. The van der Waals surface area contributed by atoms with Crippen LogP contribution in [0.25, 0.3) is 17.1 Å². The van der Waals surface area contributed by atoms with E-state index in [9.17, 15) is 4.79 Å². The van der Waals surface area contributed by atoms with E-state index in [2.05, 4.69) is 27.1 Å². The van der Waals surface area contributed by atoms with Gasteiger partial charge >= 0.3 is 5.97 Å². The van der Waals surface area contributed by atoms with Crippen molar-refractivity contribution in [3.63, 3.8) is 0 Å². The summed E-state index contributed by atoms with van der Waals surface area (Å²) in [5.74, 6) is -0.407. The molecule has 0 unspecified atom stereocenters. The summed E-state index contributed by atoms with van der Waals surface area (Å²) in [6.07, 6.45) is 2.37. The predicted molar refractivity (Wildman–Crippen MR) is 83.6 cm³/mol. The van der Waals surface area contributed by atoms with Gasteiger partial charge in [-0.1, -0.05) is 25.6 Å². The molecule has 2 N–H and O–H groups in total. The van der Waals surface area contributed by atoms with Crippen molar-refractivity contribution >= 4 is 17.9 Å². The number of carbonyl (C=O) groups is 1. The fourth-order valence-electron chi connectivity index (χ4n) is 2.32. The molecule has 3 rings (SSSR count). The van der Waals surface area contributed by atoms with Crippen LogP contribution in [0.5, 0.6) is 0 Å². The number of nitrogens with zero attached hydrogens (tertiary/aromatic N) is 3. The van der Waals surface area contributed by atoms with Crippen molar-refractivity contribution in [1.29, 1.82) is 0 Å². The minimum absolute atomic E-state index is 0.233. The molecule has 0 radical (unpaired) electrons. The Hall–Kier alpha value is -3.02. The summed E-state index contributed by atoms with van der Waals surface area (Å²) in [7, 11) is 0. The van der Waals surface area contributed by atoms with Gasteiger partial charge in [-0.25, -0.2) is 14.8 Å². The Morgan fingerprint density at radius 3 is 2.64 bits per heavy atom. The lowest BCUT2D eigenvalue weighted by atomic mass is 10.0. The van der Waals surface area contributed by atoms with Gasteiger partial charge in [0.05, 0.1) is 28.9 Å². The Kier molecular flexibility index (Phi) is 3.42. The molecule has 0 bridgehead atoms. The van der Waals surface area contributed by atoms with Gasteiger partial charge in [0.15, 0.2) is 5.82 Å². The number of benzene rings is 1. The highest BCUT2D eigenvalue weighted by Gasteiger charge is 2.18. The summed E-state index contributed by atoms with van der Waals surface area (Å²) in [5, 5.41) is 13.0. The second-order valence-corrected chi connectivity index (χ2v) is 4.84. The van der Waals surface area contributed by atoms with Crippen LogP contribution >= 0.6 is 0 Å². The number of nitrogens with one attached hydrogen (secondary N) is 1. The lowest BCUT2D eigenvalue weighted by molar-refractivity contribution is 0.0697. The van der Waals surface area contributed by atoms with E-state index >= 15 is 0 Å². The molecule has 0 saturated carbocycles. The van der Waals surface area contributed by atoms with Crippen molar-refractivity contribution in [2.45, 2.75) is 13.3 Å². The SMILES string of the molecule is C=C1NN=Cc2nc(-c3ccc(C(=O)O)cc3)nc(CC)c21. The third-order valence-corrected chi connectivity index (χ3v) is 3.42. The van der Waals surface area contributed by atoms with Gasteiger partial charge in [0.2, 0.25) is 0 Å². The molecule has 2 aromatic rings. The van der Waals surface area contributed by atoms with Gasteiger partial charge in [0, 0.05) is 11.1 Å². The van der Waals surface area contributed by atoms with E-state index in [0.717, 1.165) is 23.2 Å². The van der Waals surface area contributed by atoms with Crippen LogP contribution in [-0.2, 0) is 6.42 Å². The number of aromatic nitrogens is 2. The number of fused-ring (bicyclic) bond motifs is 1. The lowest BCUT2D eigenvalue weighted by Gasteiger charge is -2.17. The highest BCUT2D eigenvalue weighted by molar-refractivity contribution is 5.90. The molecule has 6 heteroatoms. The summed E-state index contributed by atoms with van der Waals surface area (Å²) in [6, 6.07) is 6.50. The number of hydrogen-bond donors (Lipinski definition) is 2. The van der Waals surface area contributed by atoms with Gasteiger partial charge < -0.3 is 5.11 Å². The number of carboxylic acids is 1. The van der Waals surface area contributed by atoms with E-state index in [1.165, 1.54) is 0 Å². The lowest BCUT2D eigenvalue weighted by Crippen LogP contribution is -2.17. The second-order valence-electron chi connectivity index (χ2n) is 4.84. The zero-order chi connectivity index (χ0) is 15.7. The molecular weight excluding hydrogens is 280 g/mol. The number of carboxylic acid groups (broad SMARTS) is 1. The Balaban J connectivity index is 2.11. The fraction of sp³-hybridized carbons (Fsp3) is 0.125. The molecule has 1 aliphatic rings. The predicted octanol–water partition coefficient (Wildman–Crippen LogP) is 2.31. The molecule has 0 saturated heterocycles. The number of hydrogen-bond acceptors (Lipinski definition) is 5. The summed E-state index contributed by atoms with van der Waals surface area (Å²) >= 11 is 0. The van der Waals surface area contributed by atoms with Crippen molar-refractivity contribution in [3.8, 4) is 11.4 Å². The first kappa shape index (κ1) is 13.9. The largest absolute Gasteiger partial charge is 0.478 e. The van der Waals surface area contributed by atoms with E-state index in [1.54, 1.807) is 30.5 Å². The molecule has 0 fully saturated rings. The van der Waals surface area contributed by atoms with E-state index < -0.39 is 5.97 Å². The third kappa shape index (κ3) is 2.35. The molecule has 1 aromatic carbocycles. The van der Waals surface area contributed by atoms with Gasteiger partial charge in [-0.2, -0.15) is 5.10 Å². The molecule has 2 heterocycles. The molecule has 110 valence electrons. The van der Waals surface area contributed by atoms with Gasteiger partial charge in [-0.3, -0.25) is 5.43 Å². The van der Waals surface area contributed by atoms with Crippen LogP contribution in [0.15, 0.2) is 35.9 Å². The van der Waals surface area contributed by atoms with Crippen LogP contribution in [0, 0.1) is 0 Å². The van der Waals surface area contributed by atoms with Crippen molar-refractivity contribution in [2.75, 3.05) is 0 Å². The zero-order valence-electron chi connectivity index (χ0n) is 12.0. The molecule has 0 amide bonds. The van der Waals surface area contributed by atoms with E-state index in [1.807, 2.05) is 6.92 Å². The van der Waals surface area contributed by atoms with Crippen molar-refractivity contribution in [1.82, 2.24) is 15.4 Å². The highest BCUT2D eigenvalue weighted by Crippen LogP contribution is 2.24. The minimum Gasteiger partial charge on any atom is -0.478 e. The van der Waals surface area contributed by atoms with Crippen molar-refractivity contribution < 1.29 is 9.90 Å². The van der Waals surface area contributed by atoms with Crippen LogP contribution in [0.1, 0.15) is 34.2 Å². The summed E-state index contributed by atoms with van der Waals surface area (Å²) in [6.45, 7) is 5.94. The Morgan fingerprint density at radius 2 is 2.00 bits per heavy atom. The second kappa shape index (κ2) is 5.40. The number of rotatable bonds is 3. The quantitative estimate of drug-likeness (QED) is 0.907. The monoisotopic (exact) mass is 294 g/mol. The molecule has 1 aromatic heterocycles. The first-order valence-electron chi connectivity index (χ1n) is 6.83. The summed E-state index contributed by atoms with van der Waals surface area (Å²) < 4.78 is 0. The summed E-state index contributed by atoms with van der Waals surface area (Å²) in [5.41, 5.74) is 6.98. The van der Waals surface area contributed by atoms with Gasteiger partial charge in [0.1, 0.15) is 0 Å². The van der Waals surface area contributed by atoms with E-state index in [0.29, 0.717) is 17.2 Å². The van der Waals surface area contributed by atoms with E-state index in [-0.39, 0.29) is 5.56 Å². The maximum atomic E-state index is 10.9. The van der Waals surface area contributed by atoms with Crippen LogP contribution in [0.4, 0.5) is 0 Å². The molecule has 0 atom stereocenters. The van der Waals surface area contributed by atoms with Gasteiger partial charge in [-0.15, -0.1) is 0 Å². The first-order chi connectivity index (χ1) is 10.6. The number of aromatic carboxylic acids is 1. The Bertz CT molecular complexity index is 795. The van der Waals surface area contributed by atoms with Gasteiger partial charge in [0.25, 0.3) is 0 Å². The van der Waals surface area contributed by atoms with Crippen molar-refractivity contribution in [2.24, 2.45) is 5.10 Å². The van der Waals surface area contributed by atoms with Crippen LogP contribution < -0.4 is 5.43 Å². The van der Waals surface area contributed by atoms with E-state index in [4.69, 9.17) is 5.11 Å². The average Bonchev–Trinajstić information content (AvgIpc) is 2.54. The Morgan fingerprint density at radius 1 is 1.27 bits per heavy atom. The smallest absolute Gasteiger partial charge is 0.335 e. The maximum absolute atomic E-state index is 10.9. The van der Waals surface area contributed by atoms with Crippen LogP contribution in [0.3, 0.4) is 0 Å². The zero-order valence-corrected chi connectivity index (χ0v) is 12.0. The molecule has 0 aliphatic carbocycles. The molecule has 22 heavy (non-hydrogen) atoms. The molecular formula is C16H14N4O2. The third-order valence-electron chi connectivity index (χ3n) is 3.42. The average molecular weight is 294 g/mol. The topological polar surface area (TPSA) is 87.5 Å². The Labute approximate surface area is 127 Å².